The number of rotatable bonds is 2. The Bertz CT molecular complexity index is 776. The lowest BCUT2D eigenvalue weighted by molar-refractivity contribution is -0.175. The first-order valence-corrected chi connectivity index (χ1v) is 11.3. The number of nitrogens with one attached hydrogen (secondary N) is 1. The van der Waals surface area contributed by atoms with E-state index in [-0.39, 0.29) is 35.6 Å². The maximum atomic E-state index is 13.8. The van der Waals surface area contributed by atoms with Crippen LogP contribution < -0.4 is 5.32 Å². The smallest absolute Gasteiger partial charge is 0.367 e. The molecule has 1 amide bonds. The lowest BCUT2D eigenvalue weighted by atomic mass is 9.82. The standard InChI is InChI=1S/C22H33F3N4O/c1-21(2,3)17-12-18(22(23,24)25)29-19(26-17)11-16(27-29)15-9-6-10-28(13-15)20(30)14-7-4-5-8-14/h11,14-15,17-18,26H,4-10,12-13H2,1-3H3/t15-,17-,18+/m0/s1. The van der Waals surface area contributed by atoms with Crippen LogP contribution >= 0.6 is 0 Å². The van der Waals surface area contributed by atoms with Crippen LogP contribution in [0.25, 0.3) is 0 Å². The summed E-state index contributed by atoms with van der Waals surface area (Å²) in [7, 11) is 0. The van der Waals surface area contributed by atoms with Crippen LogP contribution in [0.3, 0.4) is 0 Å². The average molecular weight is 427 g/mol. The fourth-order valence-corrected chi connectivity index (χ4v) is 5.21. The Morgan fingerprint density at radius 3 is 2.47 bits per heavy atom. The highest BCUT2D eigenvalue weighted by atomic mass is 19.4. The van der Waals surface area contributed by atoms with Gasteiger partial charge in [-0.25, -0.2) is 4.68 Å². The number of fused-ring (bicyclic) bond motifs is 1. The maximum Gasteiger partial charge on any atom is 0.410 e. The third-order valence-corrected chi connectivity index (χ3v) is 7.11. The van der Waals surface area contributed by atoms with Gasteiger partial charge in [0.05, 0.1) is 5.69 Å². The van der Waals surface area contributed by atoms with Gasteiger partial charge in [-0.3, -0.25) is 4.79 Å². The molecule has 0 bridgehead atoms. The summed E-state index contributed by atoms with van der Waals surface area (Å²) >= 11 is 0. The van der Waals surface area contributed by atoms with Crippen LogP contribution in [0.1, 0.15) is 83.4 Å². The summed E-state index contributed by atoms with van der Waals surface area (Å²) in [4.78, 5) is 14.8. The number of hydrogen-bond acceptors (Lipinski definition) is 3. The summed E-state index contributed by atoms with van der Waals surface area (Å²) < 4.78 is 42.6. The van der Waals surface area contributed by atoms with Crippen LogP contribution in [-0.2, 0) is 4.79 Å². The summed E-state index contributed by atoms with van der Waals surface area (Å²) in [5, 5.41) is 7.72. The molecular weight excluding hydrogens is 393 g/mol. The number of halogens is 3. The van der Waals surface area contributed by atoms with Crippen molar-refractivity contribution in [2.45, 2.75) is 89.9 Å². The van der Waals surface area contributed by atoms with Crippen molar-refractivity contribution >= 4 is 11.7 Å². The lowest BCUT2D eigenvalue weighted by Crippen LogP contribution is -2.44. The van der Waals surface area contributed by atoms with Gasteiger partial charge in [-0.1, -0.05) is 33.6 Å². The van der Waals surface area contributed by atoms with Gasteiger partial charge < -0.3 is 10.2 Å². The van der Waals surface area contributed by atoms with Gasteiger partial charge in [0.25, 0.3) is 0 Å². The van der Waals surface area contributed by atoms with Crippen molar-refractivity contribution in [2.24, 2.45) is 11.3 Å². The van der Waals surface area contributed by atoms with Crippen LogP contribution in [0, 0.1) is 11.3 Å². The van der Waals surface area contributed by atoms with Gasteiger partial charge in [-0.15, -0.1) is 0 Å². The molecule has 168 valence electrons. The molecule has 0 spiro atoms. The minimum Gasteiger partial charge on any atom is -0.367 e. The number of nitrogens with zero attached hydrogens (tertiary/aromatic N) is 3. The van der Waals surface area contributed by atoms with E-state index in [0.29, 0.717) is 18.1 Å². The van der Waals surface area contributed by atoms with Crippen molar-refractivity contribution < 1.29 is 18.0 Å². The van der Waals surface area contributed by atoms with E-state index >= 15 is 0 Å². The Morgan fingerprint density at radius 2 is 1.83 bits per heavy atom. The van der Waals surface area contributed by atoms with E-state index in [4.69, 9.17) is 0 Å². The van der Waals surface area contributed by atoms with E-state index in [1.807, 2.05) is 25.7 Å². The van der Waals surface area contributed by atoms with Crippen molar-refractivity contribution in [2.75, 3.05) is 18.4 Å². The summed E-state index contributed by atoms with van der Waals surface area (Å²) in [5.41, 5.74) is 0.374. The molecule has 8 heteroatoms. The van der Waals surface area contributed by atoms with Crippen molar-refractivity contribution in [3.05, 3.63) is 11.8 Å². The number of piperidine rings is 1. The van der Waals surface area contributed by atoms with Crippen molar-refractivity contribution in [3.8, 4) is 0 Å². The number of carbonyl (C=O) groups excluding carboxylic acids is 1. The van der Waals surface area contributed by atoms with E-state index in [1.54, 1.807) is 6.07 Å². The summed E-state index contributed by atoms with van der Waals surface area (Å²) in [5.74, 6) is 0.784. The molecule has 3 heterocycles. The summed E-state index contributed by atoms with van der Waals surface area (Å²) in [6, 6.07) is -0.121. The second-order valence-electron chi connectivity index (χ2n) is 10.4. The van der Waals surface area contributed by atoms with Crippen LogP contribution in [0.15, 0.2) is 6.07 Å². The van der Waals surface area contributed by atoms with E-state index in [9.17, 15) is 18.0 Å². The average Bonchev–Trinajstić information content (AvgIpc) is 3.34. The number of aromatic nitrogens is 2. The Morgan fingerprint density at radius 1 is 1.13 bits per heavy atom. The fraction of sp³-hybridized carbons (Fsp3) is 0.818. The Labute approximate surface area is 176 Å². The van der Waals surface area contributed by atoms with Crippen molar-refractivity contribution in [1.82, 2.24) is 14.7 Å². The van der Waals surface area contributed by atoms with Crippen LogP contribution in [-0.4, -0.2) is 45.9 Å². The number of carbonyl (C=O) groups is 1. The molecule has 1 saturated heterocycles. The topological polar surface area (TPSA) is 50.2 Å². The van der Waals surface area contributed by atoms with E-state index in [2.05, 4.69) is 10.4 Å². The number of amides is 1. The molecule has 3 atom stereocenters. The maximum absolute atomic E-state index is 13.8. The highest BCUT2D eigenvalue weighted by molar-refractivity contribution is 5.79. The van der Waals surface area contributed by atoms with Gasteiger partial charge in [-0.2, -0.15) is 18.3 Å². The molecule has 1 N–H and O–H groups in total. The molecule has 1 aromatic heterocycles. The molecule has 2 aliphatic heterocycles. The predicted octanol–water partition coefficient (Wildman–Crippen LogP) is 5.11. The van der Waals surface area contributed by atoms with E-state index in [1.165, 1.54) is 0 Å². The van der Waals surface area contributed by atoms with Gasteiger partial charge in [0.1, 0.15) is 5.82 Å². The van der Waals surface area contributed by atoms with Crippen LogP contribution in [0.2, 0.25) is 0 Å². The normalized spacial score (nSPS) is 28.3. The van der Waals surface area contributed by atoms with Crippen LogP contribution in [0.5, 0.6) is 0 Å². The minimum absolute atomic E-state index is 0.00836. The Hall–Kier alpha value is -1.73. The molecule has 1 saturated carbocycles. The summed E-state index contributed by atoms with van der Waals surface area (Å²) in [6.07, 6.45) is 1.49. The molecule has 30 heavy (non-hydrogen) atoms. The molecule has 1 aliphatic carbocycles. The van der Waals surface area contributed by atoms with E-state index < -0.39 is 12.2 Å². The fourth-order valence-electron chi connectivity index (χ4n) is 5.21. The molecule has 0 aromatic carbocycles. The zero-order chi connectivity index (χ0) is 21.7. The van der Waals surface area contributed by atoms with Gasteiger partial charge in [0.15, 0.2) is 6.04 Å². The zero-order valence-corrected chi connectivity index (χ0v) is 18.1. The number of hydrogen-bond donors (Lipinski definition) is 1. The van der Waals surface area contributed by atoms with Gasteiger partial charge in [0, 0.05) is 37.0 Å². The highest BCUT2D eigenvalue weighted by Crippen LogP contribution is 2.44. The Balaban J connectivity index is 1.56. The first kappa shape index (κ1) is 21.5. The van der Waals surface area contributed by atoms with Gasteiger partial charge >= 0.3 is 6.18 Å². The SMILES string of the molecule is CC(C)(C)[C@@H]1C[C@H](C(F)(F)F)n2nc([C@H]3CCCN(C(=O)C4CCCC4)C3)cc2N1. The molecule has 5 nitrogen and oxygen atoms in total. The van der Waals surface area contributed by atoms with Crippen LogP contribution in [0.4, 0.5) is 19.0 Å². The predicted molar refractivity (Wildman–Crippen MR) is 109 cm³/mol. The molecule has 2 fully saturated rings. The van der Waals surface area contributed by atoms with Gasteiger partial charge in [0.2, 0.25) is 5.91 Å². The largest absolute Gasteiger partial charge is 0.410 e. The molecular formula is C22H33F3N4O. The molecule has 1 aromatic rings. The monoisotopic (exact) mass is 426 g/mol. The third-order valence-electron chi connectivity index (χ3n) is 7.11. The quantitative estimate of drug-likeness (QED) is 0.715. The van der Waals surface area contributed by atoms with Gasteiger partial charge in [-0.05, 0) is 37.5 Å². The molecule has 0 radical (unpaired) electrons. The first-order valence-electron chi connectivity index (χ1n) is 11.3. The number of alkyl halides is 3. The number of likely N-dealkylation sites (tertiary alicyclic amines) is 1. The lowest BCUT2D eigenvalue weighted by Gasteiger charge is -2.39. The second kappa shape index (κ2) is 7.75. The minimum atomic E-state index is -4.35. The highest BCUT2D eigenvalue weighted by Gasteiger charge is 2.48. The van der Waals surface area contributed by atoms with Crippen molar-refractivity contribution in [1.29, 1.82) is 0 Å². The second-order valence-corrected chi connectivity index (χ2v) is 10.4. The van der Waals surface area contributed by atoms with E-state index in [0.717, 1.165) is 49.8 Å². The molecule has 3 aliphatic rings. The molecule has 4 rings (SSSR count). The zero-order valence-electron chi connectivity index (χ0n) is 18.1. The van der Waals surface area contributed by atoms with Crippen molar-refractivity contribution in [3.63, 3.8) is 0 Å². The Kier molecular flexibility index (Phi) is 5.56. The number of anilines is 1. The summed E-state index contributed by atoms with van der Waals surface area (Å²) in [6.45, 7) is 7.18. The third kappa shape index (κ3) is 4.19. The first-order chi connectivity index (χ1) is 14.0. The molecule has 0 unspecified atom stereocenters.